The molecule has 0 atom stereocenters. The number of aromatic nitrogens is 1. The Kier molecular flexibility index (Phi) is 4.38. The quantitative estimate of drug-likeness (QED) is 0.769. The SMILES string of the molecule is CCc1cccc(C)c1NC(=O)Cc1noc2c(C)cc(C)cc12. The third kappa shape index (κ3) is 3.04. The number of rotatable bonds is 4. The van der Waals surface area contributed by atoms with Gasteiger partial charge in [-0.3, -0.25) is 4.79 Å². The van der Waals surface area contributed by atoms with Crippen LogP contribution in [0, 0.1) is 20.8 Å². The van der Waals surface area contributed by atoms with E-state index in [-0.39, 0.29) is 12.3 Å². The molecule has 0 saturated heterocycles. The number of hydrogen-bond donors (Lipinski definition) is 1. The lowest BCUT2D eigenvalue weighted by atomic mass is 10.0. The number of hydrogen-bond acceptors (Lipinski definition) is 3. The summed E-state index contributed by atoms with van der Waals surface area (Å²) in [4.78, 5) is 12.5. The number of carbonyl (C=O) groups excluding carboxylic acids is 1. The molecule has 1 heterocycles. The average Bonchev–Trinajstić information content (AvgIpc) is 2.92. The average molecular weight is 322 g/mol. The van der Waals surface area contributed by atoms with Crippen molar-refractivity contribution in [2.45, 2.75) is 40.5 Å². The van der Waals surface area contributed by atoms with Crippen LogP contribution in [0.1, 0.15) is 34.9 Å². The van der Waals surface area contributed by atoms with Gasteiger partial charge in [-0.05, 0) is 55.5 Å². The number of anilines is 1. The Hall–Kier alpha value is -2.62. The fourth-order valence-corrected chi connectivity index (χ4v) is 3.11. The Bertz CT molecular complexity index is 909. The molecule has 0 bridgehead atoms. The first kappa shape index (κ1) is 16.2. The highest BCUT2D eigenvalue weighted by Gasteiger charge is 2.16. The zero-order chi connectivity index (χ0) is 17.3. The number of fused-ring (bicyclic) bond motifs is 1. The van der Waals surface area contributed by atoms with Crippen LogP contribution in [0.2, 0.25) is 0 Å². The van der Waals surface area contributed by atoms with Crippen molar-refractivity contribution in [3.63, 3.8) is 0 Å². The zero-order valence-electron chi connectivity index (χ0n) is 14.6. The van der Waals surface area contributed by atoms with Crippen molar-refractivity contribution in [2.75, 3.05) is 5.32 Å². The topological polar surface area (TPSA) is 55.1 Å². The van der Waals surface area contributed by atoms with Crippen LogP contribution in [0.5, 0.6) is 0 Å². The summed E-state index contributed by atoms with van der Waals surface area (Å²) < 4.78 is 5.42. The Morgan fingerprint density at radius 1 is 1.17 bits per heavy atom. The minimum absolute atomic E-state index is 0.0756. The summed E-state index contributed by atoms with van der Waals surface area (Å²) in [6, 6.07) is 10.1. The first-order valence-corrected chi connectivity index (χ1v) is 8.23. The van der Waals surface area contributed by atoms with Crippen molar-refractivity contribution in [3.8, 4) is 0 Å². The molecule has 1 aromatic heterocycles. The molecule has 124 valence electrons. The second-order valence-corrected chi connectivity index (χ2v) is 6.28. The van der Waals surface area contributed by atoms with Gasteiger partial charge in [0.05, 0.1) is 6.42 Å². The minimum atomic E-state index is -0.0756. The van der Waals surface area contributed by atoms with E-state index in [2.05, 4.69) is 23.5 Å². The van der Waals surface area contributed by atoms with Crippen molar-refractivity contribution >= 4 is 22.6 Å². The van der Waals surface area contributed by atoms with Crippen LogP contribution < -0.4 is 5.32 Å². The molecule has 0 aliphatic carbocycles. The summed E-state index contributed by atoms with van der Waals surface area (Å²) in [7, 11) is 0. The van der Waals surface area contributed by atoms with E-state index in [1.165, 1.54) is 0 Å². The van der Waals surface area contributed by atoms with E-state index in [0.717, 1.165) is 45.3 Å². The molecule has 3 rings (SSSR count). The molecule has 0 aliphatic rings. The van der Waals surface area contributed by atoms with Gasteiger partial charge in [-0.1, -0.05) is 36.3 Å². The summed E-state index contributed by atoms with van der Waals surface area (Å²) in [6.07, 6.45) is 1.08. The number of benzene rings is 2. The normalized spacial score (nSPS) is 11.0. The summed E-state index contributed by atoms with van der Waals surface area (Å²) in [5.74, 6) is -0.0756. The maximum atomic E-state index is 12.5. The third-order valence-corrected chi connectivity index (χ3v) is 4.31. The largest absolute Gasteiger partial charge is 0.356 e. The van der Waals surface area contributed by atoms with Crippen LogP contribution in [-0.4, -0.2) is 11.1 Å². The van der Waals surface area contributed by atoms with Gasteiger partial charge in [0.25, 0.3) is 0 Å². The molecule has 0 radical (unpaired) electrons. The second kappa shape index (κ2) is 6.48. The first-order valence-electron chi connectivity index (χ1n) is 8.23. The Morgan fingerprint density at radius 3 is 2.71 bits per heavy atom. The van der Waals surface area contributed by atoms with Gasteiger partial charge in [0.2, 0.25) is 5.91 Å². The van der Waals surface area contributed by atoms with Gasteiger partial charge in [0, 0.05) is 11.1 Å². The molecule has 1 N–H and O–H groups in total. The number of carbonyl (C=O) groups is 1. The van der Waals surface area contributed by atoms with Crippen molar-refractivity contribution in [2.24, 2.45) is 0 Å². The van der Waals surface area contributed by atoms with Crippen molar-refractivity contribution in [1.82, 2.24) is 5.16 Å². The molecular formula is C20H22N2O2. The zero-order valence-corrected chi connectivity index (χ0v) is 14.6. The molecule has 4 heteroatoms. The van der Waals surface area contributed by atoms with E-state index < -0.39 is 0 Å². The molecule has 3 aromatic rings. The van der Waals surface area contributed by atoms with E-state index in [0.29, 0.717) is 5.69 Å². The number of nitrogens with zero attached hydrogens (tertiary/aromatic N) is 1. The molecular weight excluding hydrogens is 300 g/mol. The minimum Gasteiger partial charge on any atom is -0.356 e. The molecule has 0 spiro atoms. The summed E-state index contributed by atoms with van der Waals surface area (Å²) in [6.45, 7) is 8.11. The highest BCUT2D eigenvalue weighted by molar-refractivity contribution is 5.96. The highest BCUT2D eigenvalue weighted by atomic mass is 16.5. The van der Waals surface area contributed by atoms with Gasteiger partial charge in [-0.25, -0.2) is 0 Å². The highest BCUT2D eigenvalue weighted by Crippen LogP contribution is 2.25. The van der Waals surface area contributed by atoms with Crippen molar-refractivity contribution < 1.29 is 9.32 Å². The van der Waals surface area contributed by atoms with Crippen molar-refractivity contribution in [3.05, 3.63) is 58.3 Å². The van der Waals surface area contributed by atoms with Gasteiger partial charge in [-0.2, -0.15) is 0 Å². The number of nitrogens with one attached hydrogen (secondary N) is 1. The maximum absolute atomic E-state index is 12.5. The maximum Gasteiger partial charge on any atom is 0.230 e. The Labute approximate surface area is 141 Å². The summed E-state index contributed by atoms with van der Waals surface area (Å²) in [5.41, 5.74) is 6.73. The lowest BCUT2D eigenvalue weighted by Crippen LogP contribution is -2.16. The molecule has 0 fully saturated rings. The van der Waals surface area contributed by atoms with Gasteiger partial charge in [-0.15, -0.1) is 0 Å². The first-order chi connectivity index (χ1) is 11.5. The van der Waals surface area contributed by atoms with E-state index in [1.54, 1.807) is 0 Å². The van der Waals surface area contributed by atoms with Crippen LogP contribution in [0.4, 0.5) is 5.69 Å². The van der Waals surface area contributed by atoms with Gasteiger partial charge < -0.3 is 9.84 Å². The van der Waals surface area contributed by atoms with E-state index >= 15 is 0 Å². The molecule has 0 saturated carbocycles. The third-order valence-electron chi connectivity index (χ3n) is 4.31. The number of para-hydroxylation sites is 1. The monoisotopic (exact) mass is 322 g/mol. The lowest BCUT2D eigenvalue weighted by Gasteiger charge is -2.12. The van der Waals surface area contributed by atoms with E-state index in [4.69, 9.17) is 4.52 Å². The van der Waals surface area contributed by atoms with Gasteiger partial charge in [0.15, 0.2) is 5.58 Å². The van der Waals surface area contributed by atoms with Crippen LogP contribution in [0.25, 0.3) is 11.0 Å². The summed E-state index contributed by atoms with van der Waals surface area (Å²) >= 11 is 0. The van der Waals surface area contributed by atoms with Crippen LogP contribution in [-0.2, 0) is 17.6 Å². The van der Waals surface area contributed by atoms with Crippen LogP contribution >= 0.6 is 0 Å². The van der Waals surface area contributed by atoms with Crippen LogP contribution in [0.3, 0.4) is 0 Å². The van der Waals surface area contributed by atoms with Gasteiger partial charge >= 0.3 is 0 Å². The molecule has 1 amide bonds. The fraction of sp³-hybridized carbons (Fsp3) is 0.300. The number of aryl methyl sites for hydroxylation is 4. The van der Waals surface area contributed by atoms with Gasteiger partial charge in [0.1, 0.15) is 5.69 Å². The molecule has 4 nitrogen and oxygen atoms in total. The van der Waals surface area contributed by atoms with Crippen LogP contribution in [0.15, 0.2) is 34.9 Å². The molecule has 2 aromatic carbocycles. The second-order valence-electron chi connectivity index (χ2n) is 6.28. The smallest absolute Gasteiger partial charge is 0.230 e. The molecule has 0 aliphatic heterocycles. The Balaban J connectivity index is 1.86. The number of amides is 1. The standard InChI is InChI=1S/C20H22N2O2/c1-5-15-8-6-7-13(3)19(15)21-18(23)11-17-16-10-12(2)9-14(4)20(16)24-22-17/h6-10H,5,11H2,1-4H3,(H,21,23). The van der Waals surface area contributed by atoms with Crippen molar-refractivity contribution in [1.29, 1.82) is 0 Å². The lowest BCUT2D eigenvalue weighted by molar-refractivity contribution is -0.115. The molecule has 0 unspecified atom stereocenters. The predicted molar refractivity (Wildman–Crippen MR) is 96.4 cm³/mol. The fourth-order valence-electron chi connectivity index (χ4n) is 3.11. The summed E-state index contributed by atoms with van der Waals surface area (Å²) in [5, 5.41) is 8.07. The van der Waals surface area contributed by atoms with E-state index in [1.807, 2.05) is 45.0 Å². The Morgan fingerprint density at radius 2 is 1.96 bits per heavy atom. The predicted octanol–water partition coefficient (Wildman–Crippen LogP) is 4.50. The van der Waals surface area contributed by atoms with E-state index in [9.17, 15) is 4.79 Å². The molecule has 24 heavy (non-hydrogen) atoms.